The SMILES string of the molecule is CN(C)CC=C(c1ccc(Cl)cc1)c1cccnc1.O=C(O)C(=O)O. The van der Waals surface area contributed by atoms with Crippen LogP contribution in [0.4, 0.5) is 0 Å². The number of carbonyl (C=O) groups is 2. The van der Waals surface area contributed by atoms with E-state index in [1.54, 1.807) is 6.20 Å². The van der Waals surface area contributed by atoms with Gasteiger partial charge in [0.15, 0.2) is 0 Å². The largest absolute Gasteiger partial charge is 0.473 e. The molecule has 0 saturated heterocycles. The zero-order valence-electron chi connectivity index (χ0n) is 13.9. The van der Waals surface area contributed by atoms with E-state index in [4.69, 9.17) is 31.4 Å². The molecule has 7 heteroatoms. The van der Waals surface area contributed by atoms with Gasteiger partial charge in [-0.25, -0.2) is 9.59 Å². The predicted octanol–water partition coefficient (Wildman–Crippen LogP) is 2.88. The van der Waals surface area contributed by atoms with Crippen LogP contribution in [0.3, 0.4) is 0 Å². The lowest BCUT2D eigenvalue weighted by molar-refractivity contribution is -0.159. The highest BCUT2D eigenvalue weighted by Crippen LogP contribution is 2.24. The maximum atomic E-state index is 9.10. The van der Waals surface area contributed by atoms with Crippen LogP contribution in [0.1, 0.15) is 11.1 Å². The predicted molar refractivity (Wildman–Crippen MR) is 96.6 cm³/mol. The zero-order valence-corrected chi connectivity index (χ0v) is 14.6. The Morgan fingerprint density at radius 2 is 1.68 bits per heavy atom. The molecule has 0 spiro atoms. The molecule has 0 saturated carbocycles. The molecule has 0 aliphatic heterocycles. The van der Waals surface area contributed by atoms with Gasteiger partial charge in [-0.2, -0.15) is 0 Å². The van der Waals surface area contributed by atoms with E-state index >= 15 is 0 Å². The number of rotatable bonds is 4. The second-order valence-corrected chi connectivity index (χ2v) is 5.68. The summed E-state index contributed by atoms with van der Waals surface area (Å²) in [6, 6.07) is 11.9. The van der Waals surface area contributed by atoms with Crippen molar-refractivity contribution < 1.29 is 19.8 Å². The van der Waals surface area contributed by atoms with Gasteiger partial charge in [0.2, 0.25) is 0 Å². The summed E-state index contributed by atoms with van der Waals surface area (Å²) >= 11 is 5.95. The van der Waals surface area contributed by atoms with Crippen molar-refractivity contribution in [1.29, 1.82) is 0 Å². The second-order valence-electron chi connectivity index (χ2n) is 5.24. The number of carboxylic acid groups (broad SMARTS) is 2. The van der Waals surface area contributed by atoms with Crippen LogP contribution in [0, 0.1) is 0 Å². The van der Waals surface area contributed by atoms with E-state index in [9.17, 15) is 0 Å². The molecule has 0 aliphatic carbocycles. The average Bonchev–Trinajstić information content (AvgIpc) is 2.58. The minimum absolute atomic E-state index is 0.752. The number of pyridine rings is 1. The Kier molecular flexibility index (Phi) is 8.32. The van der Waals surface area contributed by atoms with Gasteiger partial charge < -0.3 is 15.1 Å². The standard InChI is InChI=1S/C16H17ClN2.C2H2O4/c1-19(2)11-9-16(14-4-3-10-18-12-14)13-5-7-15(17)8-6-13;3-1(4)2(5)6/h3-10,12H,11H2,1-2H3;(H,3,4)(H,5,6). The Morgan fingerprint density at radius 1 is 1.08 bits per heavy atom. The van der Waals surface area contributed by atoms with Crippen molar-refractivity contribution in [3.8, 4) is 0 Å². The molecule has 1 heterocycles. The summed E-state index contributed by atoms with van der Waals surface area (Å²) in [7, 11) is 4.11. The van der Waals surface area contributed by atoms with Crippen LogP contribution in [-0.2, 0) is 9.59 Å². The van der Waals surface area contributed by atoms with Crippen LogP contribution in [0.5, 0.6) is 0 Å². The fraction of sp³-hybridized carbons (Fsp3) is 0.167. The van der Waals surface area contributed by atoms with Crippen LogP contribution in [0.25, 0.3) is 5.57 Å². The molecule has 25 heavy (non-hydrogen) atoms. The van der Waals surface area contributed by atoms with E-state index in [0.29, 0.717) is 0 Å². The minimum Gasteiger partial charge on any atom is -0.473 e. The van der Waals surface area contributed by atoms with Gasteiger partial charge in [-0.1, -0.05) is 35.9 Å². The number of hydrogen-bond acceptors (Lipinski definition) is 4. The molecule has 0 unspecified atom stereocenters. The van der Waals surface area contributed by atoms with Crippen LogP contribution in [0.2, 0.25) is 5.02 Å². The fourth-order valence-electron chi connectivity index (χ4n) is 1.83. The molecule has 1 aromatic carbocycles. The molecule has 0 amide bonds. The van der Waals surface area contributed by atoms with Crippen LogP contribution in [0.15, 0.2) is 54.9 Å². The number of aliphatic carboxylic acids is 2. The van der Waals surface area contributed by atoms with Crippen molar-refractivity contribution in [2.75, 3.05) is 20.6 Å². The maximum Gasteiger partial charge on any atom is 0.414 e. The molecule has 2 rings (SSSR count). The first-order valence-electron chi connectivity index (χ1n) is 7.28. The first kappa shape index (κ1) is 20.3. The molecule has 1 aromatic heterocycles. The Morgan fingerprint density at radius 3 is 2.12 bits per heavy atom. The quantitative estimate of drug-likeness (QED) is 0.813. The van der Waals surface area contributed by atoms with Gasteiger partial charge in [-0.3, -0.25) is 4.98 Å². The molecule has 0 bridgehead atoms. The fourth-order valence-corrected chi connectivity index (χ4v) is 1.95. The number of benzene rings is 1. The topological polar surface area (TPSA) is 90.7 Å². The lowest BCUT2D eigenvalue weighted by Crippen LogP contribution is -2.11. The molecular formula is C18H19ClN2O4. The maximum absolute atomic E-state index is 9.10. The number of hydrogen-bond donors (Lipinski definition) is 2. The molecule has 132 valence electrons. The van der Waals surface area contributed by atoms with Crippen molar-refractivity contribution in [2.45, 2.75) is 0 Å². The third-order valence-electron chi connectivity index (χ3n) is 2.97. The Hall–Kier alpha value is -2.70. The number of halogens is 1. The summed E-state index contributed by atoms with van der Waals surface area (Å²) in [5.41, 5.74) is 3.45. The van der Waals surface area contributed by atoms with Crippen LogP contribution < -0.4 is 0 Å². The van der Waals surface area contributed by atoms with Crippen LogP contribution >= 0.6 is 11.6 Å². The monoisotopic (exact) mass is 362 g/mol. The van der Waals surface area contributed by atoms with E-state index < -0.39 is 11.9 Å². The van der Waals surface area contributed by atoms with E-state index in [1.165, 1.54) is 5.57 Å². The molecule has 6 nitrogen and oxygen atoms in total. The van der Waals surface area contributed by atoms with Crippen molar-refractivity contribution >= 4 is 29.1 Å². The lowest BCUT2D eigenvalue weighted by atomic mass is 9.99. The third kappa shape index (κ3) is 7.60. The van der Waals surface area contributed by atoms with Gasteiger partial charge in [0.05, 0.1) is 0 Å². The molecular weight excluding hydrogens is 344 g/mol. The Bertz CT molecular complexity index is 717. The molecule has 2 N–H and O–H groups in total. The minimum atomic E-state index is -1.82. The van der Waals surface area contributed by atoms with E-state index in [-0.39, 0.29) is 0 Å². The van der Waals surface area contributed by atoms with E-state index in [2.05, 4.69) is 36.1 Å². The van der Waals surface area contributed by atoms with Crippen LogP contribution in [-0.4, -0.2) is 52.7 Å². The number of aromatic nitrogens is 1. The Balaban J connectivity index is 0.000000450. The molecule has 0 aliphatic rings. The van der Waals surface area contributed by atoms with Crippen molar-refractivity contribution in [3.05, 3.63) is 71.0 Å². The van der Waals surface area contributed by atoms with Gasteiger partial charge in [-0.15, -0.1) is 0 Å². The number of likely N-dealkylation sites (N-methyl/N-ethyl adjacent to an activating group) is 1. The van der Waals surface area contributed by atoms with Gasteiger partial charge in [0.25, 0.3) is 0 Å². The first-order chi connectivity index (χ1) is 11.8. The summed E-state index contributed by atoms with van der Waals surface area (Å²) in [5.74, 6) is -3.65. The van der Waals surface area contributed by atoms with E-state index in [0.717, 1.165) is 22.7 Å². The molecule has 0 radical (unpaired) electrons. The van der Waals surface area contributed by atoms with Gasteiger partial charge >= 0.3 is 11.9 Å². The highest BCUT2D eigenvalue weighted by atomic mass is 35.5. The third-order valence-corrected chi connectivity index (χ3v) is 3.22. The second kappa shape index (κ2) is 10.2. The average molecular weight is 363 g/mol. The van der Waals surface area contributed by atoms with Gasteiger partial charge in [0.1, 0.15) is 0 Å². The normalized spacial score (nSPS) is 10.8. The van der Waals surface area contributed by atoms with E-state index in [1.807, 2.05) is 36.5 Å². The lowest BCUT2D eigenvalue weighted by Gasteiger charge is -2.11. The number of nitrogens with zero attached hydrogens (tertiary/aromatic N) is 2. The first-order valence-corrected chi connectivity index (χ1v) is 7.66. The smallest absolute Gasteiger partial charge is 0.414 e. The van der Waals surface area contributed by atoms with Gasteiger partial charge in [0, 0.05) is 29.5 Å². The summed E-state index contributed by atoms with van der Waals surface area (Å²) in [5, 5.41) is 15.5. The van der Waals surface area contributed by atoms with Crippen molar-refractivity contribution in [1.82, 2.24) is 9.88 Å². The van der Waals surface area contributed by atoms with Crippen molar-refractivity contribution in [2.24, 2.45) is 0 Å². The molecule has 0 atom stereocenters. The Labute approximate surface area is 151 Å². The summed E-state index contributed by atoms with van der Waals surface area (Å²) in [6.45, 7) is 0.882. The summed E-state index contributed by atoms with van der Waals surface area (Å²) in [4.78, 5) is 24.5. The highest BCUT2D eigenvalue weighted by molar-refractivity contribution is 6.30. The summed E-state index contributed by atoms with van der Waals surface area (Å²) < 4.78 is 0. The molecule has 0 fully saturated rings. The number of carboxylic acids is 2. The van der Waals surface area contributed by atoms with Gasteiger partial charge in [-0.05, 0) is 43.4 Å². The highest BCUT2D eigenvalue weighted by Gasteiger charge is 2.05. The zero-order chi connectivity index (χ0) is 18.8. The molecule has 2 aromatic rings. The summed E-state index contributed by atoms with van der Waals surface area (Å²) in [6.07, 6.45) is 5.88. The van der Waals surface area contributed by atoms with Crippen molar-refractivity contribution in [3.63, 3.8) is 0 Å².